The Balaban J connectivity index is 1.54. The van der Waals surface area contributed by atoms with E-state index in [9.17, 15) is 0 Å². The SMILES string of the molecule is CC1NCCC=C1c1cc2c(Nc3ccc4scnc4c3)ccnc2s1. The highest BCUT2D eigenvalue weighted by Gasteiger charge is 2.17. The highest BCUT2D eigenvalue weighted by Crippen LogP contribution is 2.36. The number of nitrogens with one attached hydrogen (secondary N) is 2. The highest BCUT2D eigenvalue weighted by atomic mass is 32.1. The summed E-state index contributed by atoms with van der Waals surface area (Å²) >= 11 is 3.43. The van der Waals surface area contributed by atoms with Crippen molar-refractivity contribution in [2.45, 2.75) is 19.4 Å². The summed E-state index contributed by atoms with van der Waals surface area (Å²) in [6, 6.07) is 11.0. The summed E-state index contributed by atoms with van der Waals surface area (Å²) in [7, 11) is 0. The van der Waals surface area contributed by atoms with Crippen LogP contribution in [0.5, 0.6) is 0 Å². The molecule has 3 aromatic heterocycles. The molecular formula is C20H18N4S2. The first-order valence-electron chi connectivity index (χ1n) is 8.70. The molecule has 5 rings (SSSR count). The van der Waals surface area contributed by atoms with Crippen molar-refractivity contribution >= 4 is 60.1 Å². The summed E-state index contributed by atoms with van der Waals surface area (Å²) in [6.07, 6.45) is 5.32. The molecule has 26 heavy (non-hydrogen) atoms. The molecule has 1 atom stereocenters. The zero-order valence-electron chi connectivity index (χ0n) is 14.3. The Morgan fingerprint density at radius 2 is 2.15 bits per heavy atom. The van der Waals surface area contributed by atoms with Crippen LogP contribution in [0.1, 0.15) is 18.2 Å². The van der Waals surface area contributed by atoms with Crippen LogP contribution in [-0.2, 0) is 0 Å². The number of thiazole rings is 1. The second kappa shape index (κ2) is 6.46. The summed E-state index contributed by atoms with van der Waals surface area (Å²) in [6.45, 7) is 3.28. The molecule has 2 N–H and O–H groups in total. The maximum atomic E-state index is 4.59. The molecule has 0 bridgehead atoms. The first kappa shape index (κ1) is 15.9. The normalized spacial score (nSPS) is 17.6. The number of hydrogen-bond donors (Lipinski definition) is 2. The van der Waals surface area contributed by atoms with E-state index in [1.54, 1.807) is 22.7 Å². The third-order valence-electron chi connectivity index (χ3n) is 4.76. The Hall–Kier alpha value is -2.28. The molecule has 0 saturated carbocycles. The number of aromatic nitrogens is 2. The second-order valence-corrected chi connectivity index (χ2v) is 8.39. The van der Waals surface area contributed by atoms with Gasteiger partial charge in [0.05, 0.1) is 21.4 Å². The van der Waals surface area contributed by atoms with Gasteiger partial charge in [0.1, 0.15) is 4.83 Å². The predicted octanol–water partition coefficient (Wildman–Crippen LogP) is 5.41. The number of thiophene rings is 1. The van der Waals surface area contributed by atoms with Crippen molar-refractivity contribution < 1.29 is 0 Å². The number of nitrogens with zero attached hydrogens (tertiary/aromatic N) is 2. The van der Waals surface area contributed by atoms with Gasteiger partial charge in [-0.1, -0.05) is 6.08 Å². The molecule has 130 valence electrons. The van der Waals surface area contributed by atoms with Gasteiger partial charge in [-0.3, -0.25) is 0 Å². The van der Waals surface area contributed by atoms with Gasteiger partial charge in [-0.05, 0) is 55.8 Å². The summed E-state index contributed by atoms with van der Waals surface area (Å²) in [5.41, 5.74) is 6.44. The first-order chi connectivity index (χ1) is 12.8. The lowest BCUT2D eigenvalue weighted by Gasteiger charge is -2.21. The summed E-state index contributed by atoms with van der Waals surface area (Å²) < 4.78 is 1.21. The maximum absolute atomic E-state index is 4.59. The molecule has 0 aliphatic carbocycles. The van der Waals surface area contributed by atoms with E-state index in [1.165, 1.54) is 20.5 Å². The van der Waals surface area contributed by atoms with Crippen LogP contribution < -0.4 is 10.6 Å². The Morgan fingerprint density at radius 1 is 1.19 bits per heavy atom. The molecule has 4 heterocycles. The van der Waals surface area contributed by atoms with E-state index >= 15 is 0 Å². The van der Waals surface area contributed by atoms with Gasteiger partial charge in [-0.15, -0.1) is 22.7 Å². The van der Waals surface area contributed by atoms with Crippen LogP contribution in [0.15, 0.2) is 48.1 Å². The van der Waals surface area contributed by atoms with E-state index in [0.717, 1.165) is 34.7 Å². The molecule has 1 aliphatic rings. The van der Waals surface area contributed by atoms with Crippen LogP contribution in [0.25, 0.3) is 26.0 Å². The fourth-order valence-corrected chi connectivity index (χ4v) is 5.22. The average molecular weight is 379 g/mol. The lowest BCUT2D eigenvalue weighted by molar-refractivity contribution is 0.628. The smallest absolute Gasteiger partial charge is 0.125 e. The third-order valence-corrected chi connectivity index (χ3v) is 6.66. The molecule has 0 radical (unpaired) electrons. The Kier molecular flexibility index (Phi) is 3.96. The standard InChI is InChI=1S/C20H18N4S2/c1-12-14(3-2-7-21-12)19-10-15-16(6-8-22-20(15)26-19)24-13-4-5-18-17(9-13)23-11-25-18/h3-6,8-12,21H,2,7H2,1H3,(H,22,24). The van der Waals surface area contributed by atoms with Crippen LogP contribution in [0.3, 0.4) is 0 Å². The van der Waals surface area contributed by atoms with Crippen molar-refractivity contribution in [3.63, 3.8) is 0 Å². The molecular weight excluding hydrogens is 360 g/mol. The molecule has 6 heteroatoms. The van der Waals surface area contributed by atoms with E-state index in [1.807, 2.05) is 17.8 Å². The largest absolute Gasteiger partial charge is 0.355 e. The number of pyridine rings is 1. The molecule has 0 fully saturated rings. The van der Waals surface area contributed by atoms with Gasteiger partial charge in [-0.2, -0.15) is 0 Å². The molecule has 0 saturated heterocycles. The summed E-state index contributed by atoms with van der Waals surface area (Å²) in [4.78, 5) is 11.4. The van der Waals surface area contributed by atoms with Crippen LogP contribution in [0.2, 0.25) is 0 Å². The fourth-order valence-electron chi connectivity index (χ4n) is 3.41. The van der Waals surface area contributed by atoms with Crippen molar-refractivity contribution in [2.75, 3.05) is 11.9 Å². The lowest BCUT2D eigenvalue weighted by atomic mass is 10.0. The van der Waals surface area contributed by atoms with Gasteiger partial charge in [0.15, 0.2) is 0 Å². The van der Waals surface area contributed by atoms with Gasteiger partial charge in [-0.25, -0.2) is 9.97 Å². The van der Waals surface area contributed by atoms with Crippen LogP contribution >= 0.6 is 22.7 Å². The minimum atomic E-state index is 0.389. The molecule has 0 spiro atoms. The van der Waals surface area contributed by atoms with E-state index in [-0.39, 0.29) is 0 Å². The van der Waals surface area contributed by atoms with Crippen molar-refractivity contribution in [1.82, 2.24) is 15.3 Å². The topological polar surface area (TPSA) is 49.8 Å². The predicted molar refractivity (Wildman–Crippen MR) is 113 cm³/mol. The monoisotopic (exact) mass is 378 g/mol. The number of rotatable bonds is 3. The van der Waals surface area contributed by atoms with E-state index in [4.69, 9.17) is 0 Å². The van der Waals surface area contributed by atoms with Gasteiger partial charge in [0.25, 0.3) is 0 Å². The van der Waals surface area contributed by atoms with Gasteiger partial charge in [0.2, 0.25) is 0 Å². The molecule has 4 aromatic rings. The molecule has 1 unspecified atom stereocenters. The summed E-state index contributed by atoms with van der Waals surface area (Å²) in [5, 5.41) is 8.26. The van der Waals surface area contributed by atoms with Crippen LogP contribution in [0, 0.1) is 0 Å². The Morgan fingerprint density at radius 3 is 3.08 bits per heavy atom. The third kappa shape index (κ3) is 2.80. The van der Waals surface area contributed by atoms with E-state index in [0.29, 0.717) is 6.04 Å². The molecule has 4 nitrogen and oxygen atoms in total. The van der Waals surface area contributed by atoms with Crippen LogP contribution in [0.4, 0.5) is 11.4 Å². The van der Waals surface area contributed by atoms with Gasteiger partial charge >= 0.3 is 0 Å². The van der Waals surface area contributed by atoms with E-state index < -0.39 is 0 Å². The van der Waals surface area contributed by atoms with E-state index in [2.05, 4.69) is 57.9 Å². The zero-order valence-corrected chi connectivity index (χ0v) is 16.0. The number of fused-ring (bicyclic) bond motifs is 2. The molecule has 1 aromatic carbocycles. The average Bonchev–Trinajstić information content (AvgIpc) is 3.28. The Bertz CT molecular complexity index is 1130. The van der Waals surface area contributed by atoms with Crippen LogP contribution in [-0.4, -0.2) is 22.6 Å². The quantitative estimate of drug-likeness (QED) is 0.500. The maximum Gasteiger partial charge on any atom is 0.125 e. The fraction of sp³-hybridized carbons (Fsp3) is 0.200. The van der Waals surface area contributed by atoms with Crippen molar-refractivity contribution in [1.29, 1.82) is 0 Å². The Labute approximate surface area is 159 Å². The second-order valence-electron chi connectivity index (χ2n) is 6.47. The van der Waals surface area contributed by atoms with Gasteiger partial charge < -0.3 is 10.6 Å². The highest BCUT2D eigenvalue weighted by molar-refractivity contribution is 7.19. The molecule has 1 aliphatic heterocycles. The summed E-state index contributed by atoms with van der Waals surface area (Å²) in [5.74, 6) is 0. The zero-order chi connectivity index (χ0) is 17.5. The first-order valence-corrected chi connectivity index (χ1v) is 10.4. The van der Waals surface area contributed by atoms with Crippen molar-refractivity contribution in [2.24, 2.45) is 0 Å². The van der Waals surface area contributed by atoms with Crippen molar-refractivity contribution in [3.8, 4) is 0 Å². The number of benzene rings is 1. The van der Waals surface area contributed by atoms with Gasteiger partial charge in [0, 0.05) is 28.2 Å². The number of anilines is 2. The lowest BCUT2D eigenvalue weighted by Crippen LogP contribution is -2.30. The van der Waals surface area contributed by atoms with Crippen molar-refractivity contribution in [3.05, 3.63) is 53.0 Å². The minimum Gasteiger partial charge on any atom is -0.355 e. The number of hydrogen-bond acceptors (Lipinski definition) is 6. The molecule has 0 amide bonds. The minimum absolute atomic E-state index is 0.389.